The van der Waals surface area contributed by atoms with Gasteiger partial charge in [0, 0.05) is 24.7 Å². The maximum atomic E-state index is 13.0. The van der Waals surface area contributed by atoms with Crippen LogP contribution in [0, 0.1) is 17.8 Å². The second-order valence-electron chi connectivity index (χ2n) is 7.97. The van der Waals surface area contributed by atoms with Crippen LogP contribution in [-0.2, 0) is 14.8 Å². The van der Waals surface area contributed by atoms with Gasteiger partial charge >= 0.3 is 5.97 Å². The summed E-state index contributed by atoms with van der Waals surface area (Å²) >= 11 is 0. The van der Waals surface area contributed by atoms with Crippen LogP contribution in [0.1, 0.15) is 43.5 Å². The summed E-state index contributed by atoms with van der Waals surface area (Å²) in [6, 6.07) is 5.88. The Balaban J connectivity index is 1.71. The number of carboxylic acid groups (broad SMARTS) is 1. The summed E-state index contributed by atoms with van der Waals surface area (Å²) < 4.78 is 27.5. The molecule has 1 saturated heterocycles. The first-order valence-electron chi connectivity index (χ1n) is 9.30. The van der Waals surface area contributed by atoms with Gasteiger partial charge in [-0.05, 0) is 49.3 Å². The summed E-state index contributed by atoms with van der Waals surface area (Å²) in [6.07, 6.45) is 1.82. The number of carbonyl (C=O) groups excluding carboxylic acids is 1. The summed E-state index contributed by atoms with van der Waals surface area (Å²) in [4.78, 5) is 23.4. The van der Waals surface area contributed by atoms with Gasteiger partial charge in [-0.1, -0.05) is 19.9 Å². The molecule has 1 heterocycles. The number of hydrogen-bond donors (Lipinski definition) is 2. The predicted octanol–water partition coefficient (Wildman–Crippen LogP) is 1.95. The van der Waals surface area contributed by atoms with Crippen molar-refractivity contribution in [3.8, 4) is 0 Å². The first-order valence-corrected chi connectivity index (χ1v) is 10.7. The van der Waals surface area contributed by atoms with E-state index in [2.05, 4.69) is 5.32 Å². The van der Waals surface area contributed by atoms with Crippen molar-refractivity contribution in [2.45, 2.75) is 44.0 Å². The van der Waals surface area contributed by atoms with Gasteiger partial charge in [-0.25, -0.2) is 8.42 Å². The zero-order chi connectivity index (χ0) is 19.8. The topological polar surface area (TPSA) is 104 Å². The van der Waals surface area contributed by atoms with Gasteiger partial charge in [0.05, 0.1) is 10.8 Å². The van der Waals surface area contributed by atoms with E-state index >= 15 is 0 Å². The fraction of sp³-hybridized carbons (Fsp3) is 0.579. The molecule has 1 aromatic carbocycles. The van der Waals surface area contributed by atoms with Crippen molar-refractivity contribution in [2.24, 2.45) is 17.8 Å². The SMILES string of the molecule is CC1CC(C)CN(S(=O)(=O)c2cccc(C(=O)NC3CC(C(=O)O)C3)c2)C1. The molecule has 1 amide bonds. The van der Waals surface area contributed by atoms with Crippen molar-refractivity contribution in [1.82, 2.24) is 9.62 Å². The molecule has 2 atom stereocenters. The fourth-order valence-electron chi connectivity index (χ4n) is 3.95. The van der Waals surface area contributed by atoms with E-state index in [4.69, 9.17) is 5.11 Å². The molecule has 27 heavy (non-hydrogen) atoms. The van der Waals surface area contributed by atoms with E-state index in [9.17, 15) is 18.0 Å². The summed E-state index contributed by atoms with van der Waals surface area (Å²) in [5, 5.41) is 11.7. The highest BCUT2D eigenvalue weighted by Gasteiger charge is 2.36. The van der Waals surface area contributed by atoms with Gasteiger partial charge in [0.2, 0.25) is 10.0 Å². The molecule has 8 heteroatoms. The Bertz CT molecular complexity index is 822. The molecule has 1 aliphatic heterocycles. The van der Waals surface area contributed by atoms with E-state index < -0.39 is 21.9 Å². The number of sulfonamides is 1. The lowest BCUT2D eigenvalue weighted by Crippen LogP contribution is -2.46. The zero-order valence-corrected chi connectivity index (χ0v) is 16.4. The van der Waals surface area contributed by atoms with Gasteiger partial charge in [-0.3, -0.25) is 9.59 Å². The number of benzene rings is 1. The van der Waals surface area contributed by atoms with Gasteiger partial charge in [-0.2, -0.15) is 4.31 Å². The van der Waals surface area contributed by atoms with Crippen molar-refractivity contribution < 1.29 is 23.1 Å². The molecule has 0 aromatic heterocycles. The van der Waals surface area contributed by atoms with Crippen molar-refractivity contribution >= 4 is 21.9 Å². The van der Waals surface area contributed by atoms with Gasteiger partial charge in [-0.15, -0.1) is 0 Å². The third-order valence-electron chi connectivity index (χ3n) is 5.39. The quantitative estimate of drug-likeness (QED) is 0.794. The highest BCUT2D eigenvalue weighted by Crippen LogP contribution is 2.29. The van der Waals surface area contributed by atoms with Crippen molar-refractivity contribution in [2.75, 3.05) is 13.1 Å². The van der Waals surface area contributed by atoms with Crippen LogP contribution in [0.25, 0.3) is 0 Å². The Morgan fingerprint density at radius 1 is 1.11 bits per heavy atom. The van der Waals surface area contributed by atoms with Crippen molar-refractivity contribution in [3.05, 3.63) is 29.8 Å². The normalized spacial score (nSPS) is 29.0. The number of carboxylic acids is 1. The van der Waals surface area contributed by atoms with Crippen LogP contribution < -0.4 is 5.32 Å². The number of carbonyl (C=O) groups is 2. The number of rotatable bonds is 5. The molecule has 1 aliphatic carbocycles. The Morgan fingerprint density at radius 3 is 2.33 bits per heavy atom. The standard InChI is InChI=1S/C19H26N2O5S/c1-12-6-13(2)11-21(10-12)27(25,26)17-5-3-4-14(9-17)18(22)20-16-7-15(8-16)19(23)24/h3-5,9,12-13,15-16H,6-8,10-11H2,1-2H3,(H,20,22)(H,23,24). The summed E-state index contributed by atoms with van der Waals surface area (Å²) in [5.41, 5.74) is 0.271. The van der Waals surface area contributed by atoms with Gasteiger partial charge in [0.25, 0.3) is 5.91 Å². The molecule has 2 unspecified atom stereocenters. The Labute approximate surface area is 159 Å². The van der Waals surface area contributed by atoms with Crippen LogP contribution in [0.2, 0.25) is 0 Å². The summed E-state index contributed by atoms with van der Waals surface area (Å²) in [6.45, 7) is 5.07. The molecular formula is C19H26N2O5S. The van der Waals surface area contributed by atoms with Crippen LogP contribution in [0.5, 0.6) is 0 Å². The van der Waals surface area contributed by atoms with Crippen LogP contribution in [-0.4, -0.2) is 48.8 Å². The molecule has 148 valence electrons. The average Bonchev–Trinajstić information content (AvgIpc) is 2.56. The minimum absolute atomic E-state index is 0.119. The maximum Gasteiger partial charge on any atom is 0.306 e. The largest absolute Gasteiger partial charge is 0.481 e. The lowest BCUT2D eigenvalue weighted by atomic mass is 9.80. The number of nitrogens with one attached hydrogen (secondary N) is 1. The number of hydrogen-bond acceptors (Lipinski definition) is 4. The minimum atomic E-state index is -3.65. The van der Waals surface area contributed by atoms with Gasteiger partial charge < -0.3 is 10.4 Å². The monoisotopic (exact) mass is 394 g/mol. The van der Waals surface area contributed by atoms with E-state index in [0.717, 1.165) is 6.42 Å². The minimum Gasteiger partial charge on any atom is -0.481 e. The van der Waals surface area contributed by atoms with E-state index in [0.29, 0.717) is 37.8 Å². The highest BCUT2D eigenvalue weighted by atomic mass is 32.2. The molecule has 2 fully saturated rings. The number of nitrogens with zero attached hydrogens (tertiary/aromatic N) is 1. The number of amides is 1. The Morgan fingerprint density at radius 2 is 1.74 bits per heavy atom. The molecule has 1 saturated carbocycles. The van der Waals surface area contributed by atoms with E-state index in [1.54, 1.807) is 12.1 Å². The second-order valence-corrected chi connectivity index (χ2v) is 9.91. The van der Waals surface area contributed by atoms with Gasteiger partial charge in [0.1, 0.15) is 0 Å². The molecule has 7 nitrogen and oxygen atoms in total. The van der Waals surface area contributed by atoms with E-state index in [-0.39, 0.29) is 22.4 Å². The van der Waals surface area contributed by atoms with Crippen LogP contribution in [0.15, 0.2) is 29.2 Å². The van der Waals surface area contributed by atoms with E-state index in [1.807, 2.05) is 13.8 Å². The molecule has 0 bridgehead atoms. The molecule has 0 spiro atoms. The molecule has 0 radical (unpaired) electrons. The molecule has 3 rings (SSSR count). The summed E-state index contributed by atoms with van der Waals surface area (Å²) in [7, 11) is -3.65. The molecule has 2 aliphatic rings. The van der Waals surface area contributed by atoms with E-state index in [1.165, 1.54) is 16.4 Å². The van der Waals surface area contributed by atoms with Crippen LogP contribution in [0.3, 0.4) is 0 Å². The third kappa shape index (κ3) is 4.32. The smallest absolute Gasteiger partial charge is 0.306 e. The molecule has 2 N–H and O–H groups in total. The zero-order valence-electron chi connectivity index (χ0n) is 15.6. The van der Waals surface area contributed by atoms with Crippen LogP contribution >= 0.6 is 0 Å². The van der Waals surface area contributed by atoms with Gasteiger partial charge in [0.15, 0.2) is 0 Å². The van der Waals surface area contributed by atoms with Crippen molar-refractivity contribution in [3.63, 3.8) is 0 Å². The molecule has 1 aromatic rings. The van der Waals surface area contributed by atoms with Crippen LogP contribution in [0.4, 0.5) is 0 Å². The first kappa shape index (κ1) is 19.8. The average molecular weight is 394 g/mol. The predicted molar refractivity (Wildman–Crippen MR) is 99.8 cm³/mol. The fourth-order valence-corrected chi connectivity index (χ4v) is 5.68. The highest BCUT2D eigenvalue weighted by molar-refractivity contribution is 7.89. The number of aliphatic carboxylic acids is 1. The lowest BCUT2D eigenvalue weighted by molar-refractivity contribution is -0.145. The first-order chi connectivity index (χ1) is 12.7. The number of piperidine rings is 1. The third-order valence-corrected chi connectivity index (χ3v) is 7.22. The molecular weight excluding hydrogens is 368 g/mol. The maximum absolute atomic E-state index is 13.0. The Hall–Kier alpha value is -1.93. The lowest BCUT2D eigenvalue weighted by Gasteiger charge is -2.34. The summed E-state index contributed by atoms with van der Waals surface area (Å²) in [5.74, 6) is -1.03. The van der Waals surface area contributed by atoms with Crippen molar-refractivity contribution in [1.29, 1.82) is 0 Å². The second kappa shape index (κ2) is 7.59. The Kier molecular flexibility index (Phi) is 5.58.